The molecule has 2 atom stereocenters. The van der Waals surface area contributed by atoms with Crippen molar-refractivity contribution in [1.29, 1.82) is 0 Å². The minimum Gasteiger partial charge on any atom is -0.317 e. The standard InChI is InChI=1S/C16H26N2O2S/c1-3-17-11-10-14-5-8-16(9-6-14)21(19,20)18-15-7-4-13(2)12-15/h5-6,8-9,13,15,17-18H,3-4,7,10-12H2,1-2H3. The van der Waals surface area contributed by atoms with E-state index in [-0.39, 0.29) is 6.04 Å². The molecule has 0 spiro atoms. The minimum atomic E-state index is -3.37. The van der Waals surface area contributed by atoms with Gasteiger partial charge in [-0.1, -0.05) is 26.0 Å². The van der Waals surface area contributed by atoms with Crippen LogP contribution in [0.4, 0.5) is 0 Å². The van der Waals surface area contributed by atoms with Crippen molar-refractivity contribution in [2.45, 2.75) is 50.5 Å². The van der Waals surface area contributed by atoms with E-state index in [4.69, 9.17) is 0 Å². The van der Waals surface area contributed by atoms with E-state index in [1.54, 1.807) is 12.1 Å². The summed E-state index contributed by atoms with van der Waals surface area (Å²) in [6.45, 7) is 6.12. The highest BCUT2D eigenvalue weighted by molar-refractivity contribution is 7.89. The van der Waals surface area contributed by atoms with Crippen LogP contribution < -0.4 is 10.0 Å². The molecule has 0 amide bonds. The van der Waals surface area contributed by atoms with Crippen molar-refractivity contribution < 1.29 is 8.42 Å². The average molecular weight is 310 g/mol. The maximum Gasteiger partial charge on any atom is 0.240 e. The number of hydrogen-bond donors (Lipinski definition) is 2. The van der Waals surface area contributed by atoms with Crippen LogP contribution in [0.15, 0.2) is 29.2 Å². The van der Waals surface area contributed by atoms with Gasteiger partial charge in [0.1, 0.15) is 0 Å². The van der Waals surface area contributed by atoms with Crippen LogP contribution in [-0.4, -0.2) is 27.5 Å². The van der Waals surface area contributed by atoms with Crippen molar-refractivity contribution in [3.05, 3.63) is 29.8 Å². The molecule has 1 fully saturated rings. The molecule has 1 aliphatic rings. The van der Waals surface area contributed by atoms with Crippen LogP contribution in [0.1, 0.15) is 38.7 Å². The number of rotatable bonds is 7. The smallest absolute Gasteiger partial charge is 0.240 e. The van der Waals surface area contributed by atoms with Crippen LogP contribution in [0.3, 0.4) is 0 Å². The Morgan fingerprint density at radius 2 is 1.90 bits per heavy atom. The lowest BCUT2D eigenvalue weighted by Gasteiger charge is -2.13. The van der Waals surface area contributed by atoms with Crippen LogP contribution in [0, 0.1) is 5.92 Å². The Balaban J connectivity index is 1.96. The summed E-state index contributed by atoms with van der Waals surface area (Å²) in [5.41, 5.74) is 1.16. The second kappa shape index (κ2) is 7.38. The predicted molar refractivity (Wildman–Crippen MR) is 85.8 cm³/mol. The molecule has 0 radical (unpaired) electrons. The summed E-state index contributed by atoms with van der Waals surface area (Å²) in [5, 5.41) is 3.26. The molecule has 0 bridgehead atoms. The van der Waals surface area contributed by atoms with E-state index in [0.717, 1.165) is 44.3 Å². The first-order valence-corrected chi connectivity index (χ1v) is 9.31. The number of sulfonamides is 1. The van der Waals surface area contributed by atoms with E-state index in [1.807, 2.05) is 12.1 Å². The van der Waals surface area contributed by atoms with Crippen molar-refractivity contribution in [3.8, 4) is 0 Å². The summed E-state index contributed by atoms with van der Waals surface area (Å²) in [5.74, 6) is 0.617. The van der Waals surface area contributed by atoms with Crippen LogP contribution in [-0.2, 0) is 16.4 Å². The predicted octanol–water partition coefficient (Wildman–Crippen LogP) is 2.31. The number of nitrogens with one attached hydrogen (secondary N) is 2. The van der Waals surface area contributed by atoms with E-state index in [0.29, 0.717) is 10.8 Å². The topological polar surface area (TPSA) is 58.2 Å². The van der Waals surface area contributed by atoms with Gasteiger partial charge in [-0.2, -0.15) is 0 Å². The van der Waals surface area contributed by atoms with Gasteiger partial charge in [-0.05, 0) is 62.4 Å². The van der Waals surface area contributed by atoms with Crippen LogP contribution in [0.25, 0.3) is 0 Å². The van der Waals surface area contributed by atoms with Gasteiger partial charge in [0, 0.05) is 6.04 Å². The Kier molecular flexibility index (Phi) is 5.79. The van der Waals surface area contributed by atoms with E-state index in [9.17, 15) is 8.42 Å². The van der Waals surface area contributed by atoms with Crippen LogP contribution >= 0.6 is 0 Å². The summed E-state index contributed by atoms with van der Waals surface area (Å²) >= 11 is 0. The molecule has 1 aromatic carbocycles. The molecule has 2 N–H and O–H groups in total. The van der Waals surface area contributed by atoms with Crippen molar-refractivity contribution in [1.82, 2.24) is 10.0 Å². The molecule has 1 aliphatic carbocycles. The van der Waals surface area contributed by atoms with Crippen LogP contribution in [0.2, 0.25) is 0 Å². The van der Waals surface area contributed by atoms with Crippen molar-refractivity contribution in [2.75, 3.05) is 13.1 Å². The van der Waals surface area contributed by atoms with Crippen molar-refractivity contribution in [2.24, 2.45) is 5.92 Å². The van der Waals surface area contributed by atoms with Crippen molar-refractivity contribution in [3.63, 3.8) is 0 Å². The third-order valence-corrected chi connectivity index (χ3v) is 5.63. The van der Waals surface area contributed by atoms with Gasteiger partial charge in [-0.3, -0.25) is 0 Å². The normalized spacial score (nSPS) is 22.6. The number of benzene rings is 1. The lowest BCUT2D eigenvalue weighted by Crippen LogP contribution is -2.32. The Morgan fingerprint density at radius 1 is 1.19 bits per heavy atom. The lowest BCUT2D eigenvalue weighted by molar-refractivity contribution is 0.538. The molecular formula is C16H26N2O2S. The second-order valence-corrected chi connectivity index (χ2v) is 7.70. The van der Waals surface area contributed by atoms with Gasteiger partial charge < -0.3 is 5.32 Å². The van der Waals surface area contributed by atoms with Crippen LogP contribution in [0.5, 0.6) is 0 Å². The third-order valence-electron chi connectivity index (χ3n) is 4.09. The summed E-state index contributed by atoms with van der Waals surface area (Å²) < 4.78 is 27.5. The lowest BCUT2D eigenvalue weighted by atomic mass is 10.1. The highest BCUT2D eigenvalue weighted by Crippen LogP contribution is 2.26. The molecule has 1 saturated carbocycles. The fourth-order valence-electron chi connectivity index (χ4n) is 2.85. The highest BCUT2D eigenvalue weighted by Gasteiger charge is 2.26. The van der Waals surface area contributed by atoms with Gasteiger partial charge in [-0.15, -0.1) is 0 Å². The monoisotopic (exact) mass is 310 g/mol. The molecular weight excluding hydrogens is 284 g/mol. The van der Waals surface area contributed by atoms with E-state index in [2.05, 4.69) is 23.9 Å². The maximum atomic E-state index is 12.3. The molecule has 2 rings (SSSR count). The van der Waals surface area contributed by atoms with Gasteiger partial charge in [0.2, 0.25) is 10.0 Å². The number of hydrogen-bond acceptors (Lipinski definition) is 3. The van der Waals surface area contributed by atoms with Gasteiger partial charge in [0.15, 0.2) is 0 Å². The van der Waals surface area contributed by atoms with E-state index >= 15 is 0 Å². The van der Waals surface area contributed by atoms with E-state index < -0.39 is 10.0 Å². The zero-order valence-electron chi connectivity index (χ0n) is 12.9. The van der Waals surface area contributed by atoms with E-state index in [1.165, 1.54) is 0 Å². The van der Waals surface area contributed by atoms with Gasteiger partial charge in [0.25, 0.3) is 0 Å². The summed E-state index contributed by atoms with van der Waals surface area (Å²) in [7, 11) is -3.37. The molecule has 118 valence electrons. The van der Waals surface area contributed by atoms with Gasteiger partial charge in [-0.25, -0.2) is 13.1 Å². The highest BCUT2D eigenvalue weighted by atomic mass is 32.2. The molecule has 0 aliphatic heterocycles. The van der Waals surface area contributed by atoms with Crippen molar-refractivity contribution >= 4 is 10.0 Å². The maximum absolute atomic E-state index is 12.3. The first-order valence-electron chi connectivity index (χ1n) is 7.83. The second-order valence-electron chi connectivity index (χ2n) is 5.98. The molecule has 5 heteroatoms. The third kappa shape index (κ3) is 4.80. The largest absolute Gasteiger partial charge is 0.317 e. The fraction of sp³-hybridized carbons (Fsp3) is 0.625. The quantitative estimate of drug-likeness (QED) is 0.760. The molecule has 0 aromatic heterocycles. The molecule has 1 aromatic rings. The zero-order chi connectivity index (χ0) is 15.3. The fourth-order valence-corrected chi connectivity index (χ4v) is 4.13. The molecule has 2 unspecified atom stereocenters. The Morgan fingerprint density at radius 3 is 2.48 bits per heavy atom. The summed E-state index contributed by atoms with van der Waals surface area (Å²) in [4.78, 5) is 0.370. The van der Waals surface area contributed by atoms with Gasteiger partial charge in [0.05, 0.1) is 4.90 Å². The molecule has 0 saturated heterocycles. The summed E-state index contributed by atoms with van der Waals surface area (Å²) in [6.07, 6.45) is 3.92. The van der Waals surface area contributed by atoms with Gasteiger partial charge >= 0.3 is 0 Å². The number of likely N-dealkylation sites (N-methyl/N-ethyl adjacent to an activating group) is 1. The molecule has 21 heavy (non-hydrogen) atoms. The Bertz CT molecular complexity index is 540. The summed E-state index contributed by atoms with van der Waals surface area (Å²) in [6, 6.07) is 7.33. The Hall–Kier alpha value is -0.910. The zero-order valence-corrected chi connectivity index (χ0v) is 13.7. The average Bonchev–Trinajstić information content (AvgIpc) is 2.84. The first kappa shape index (κ1) is 16.5. The Labute approximate surface area is 128 Å². The molecule has 0 heterocycles. The first-order chi connectivity index (χ1) is 10.0. The minimum absolute atomic E-state index is 0.0958. The molecule has 4 nitrogen and oxygen atoms in total. The SMILES string of the molecule is CCNCCc1ccc(S(=O)(=O)NC2CCC(C)C2)cc1.